The van der Waals surface area contributed by atoms with Gasteiger partial charge in [-0.3, -0.25) is 14.5 Å². The molecule has 1 fully saturated rings. The van der Waals surface area contributed by atoms with E-state index < -0.39 is 0 Å². The van der Waals surface area contributed by atoms with Crippen LogP contribution in [0.15, 0.2) is 36.9 Å². The van der Waals surface area contributed by atoms with Crippen molar-refractivity contribution in [2.75, 3.05) is 6.54 Å². The van der Waals surface area contributed by atoms with Crippen LogP contribution in [-0.2, 0) is 11.3 Å². The number of nitrogens with zero attached hydrogens (tertiary/aromatic N) is 4. The molecule has 3 heterocycles. The van der Waals surface area contributed by atoms with Crippen LogP contribution >= 0.6 is 0 Å². The first-order valence-corrected chi connectivity index (χ1v) is 7.92. The highest BCUT2D eigenvalue weighted by Crippen LogP contribution is 2.30. The van der Waals surface area contributed by atoms with Crippen LogP contribution in [-0.4, -0.2) is 32.1 Å². The molecule has 0 aliphatic carbocycles. The van der Waals surface area contributed by atoms with E-state index in [9.17, 15) is 4.79 Å². The van der Waals surface area contributed by atoms with E-state index in [4.69, 9.17) is 0 Å². The van der Waals surface area contributed by atoms with Gasteiger partial charge >= 0.3 is 0 Å². The highest BCUT2D eigenvalue weighted by molar-refractivity contribution is 5.76. The third-order valence-corrected chi connectivity index (χ3v) is 4.22. The average molecular weight is 298 g/mol. The summed E-state index contributed by atoms with van der Waals surface area (Å²) in [5.74, 6) is 0.145. The van der Waals surface area contributed by atoms with Crippen LogP contribution in [0.4, 0.5) is 0 Å². The van der Waals surface area contributed by atoms with Gasteiger partial charge in [0, 0.05) is 25.1 Å². The molecule has 0 N–H and O–H groups in total. The maximum Gasteiger partial charge on any atom is 0.244 e. The lowest BCUT2D eigenvalue weighted by Crippen LogP contribution is -2.37. The molecule has 1 amide bonds. The quantitative estimate of drug-likeness (QED) is 0.875. The number of aromatic nitrogens is 3. The zero-order chi connectivity index (χ0) is 15.4. The van der Waals surface area contributed by atoms with E-state index in [-0.39, 0.29) is 11.9 Å². The molecule has 5 heteroatoms. The molecule has 1 aliphatic rings. The molecule has 0 unspecified atom stereocenters. The zero-order valence-electron chi connectivity index (χ0n) is 13.0. The summed E-state index contributed by atoms with van der Waals surface area (Å²) >= 11 is 0. The Kier molecular flexibility index (Phi) is 4.51. The van der Waals surface area contributed by atoms with E-state index >= 15 is 0 Å². The van der Waals surface area contributed by atoms with Crippen molar-refractivity contribution in [3.63, 3.8) is 0 Å². The number of pyridine rings is 1. The van der Waals surface area contributed by atoms with Crippen LogP contribution in [0.2, 0.25) is 0 Å². The summed E-state index contributed by atoms with van der Waals surface area (Å²) in [6.07, 6.45) is 11.8. The first kappa shape index (κ1) is 14.8. The van der Waals surface area contributed by atoms with Gasteiger partial charge in [0.25, 0.3) is 0 Å². The van der Waals surface area contributed by atoms with E-state index in [1.165, 1.54) is 12.0 Å². The lowest BCUT2D eigenvalue weighted by molar-refractivity contribution is -0.134. The Balaban J connectivity index is 1.79. The number of hydrogen-bond donors (Lipinski definition) is 0. The van der Waals surface area contributed by atoms with Crippen molar-refractivity contribution in [3.8, 4) is 0 Å². The standard InChI is InChI=1S/C17H22N4O/c1-14-11-19-20(12-14)13-17(22)21-10-4-2-3-5-16(21)15-6-8-18-9-7-15/h6-9,11-12,16H,2-5,10,13H2,1H3/t16-/m1/s1. The van der Waals surface area contributed by atoms with E-state index in [0.29, 0.717) is 6.54 Å². The molecule has 3 rings (SSSR count). The largest absolute Gasteiger partial charge is 0.334 e. The fraction of sp³-hybridized carbons (Fsp3) is 0.471. The van der Waals surface area contributed by atoms with Gasteiger partial charge in [-0.15, -0.1) is 0 Å². The van der Waals surface area contributed by atoms with Crippen molar-refractivity contribution in [1.29, 1.82) is 0 Å². The molecular weight excluding hydrogens is 276 g/mol. The van der Waals surface area contributed by atoms with Gasteiger partial charge in [0.2, 0.25) is 5.91 Å². The Morgan fingerprint density at radius 2 is 2.09 bits per heavy atom. The molecule has 1 atom stereocenters. The van der Waals surface area contributed by atoms with Gasteiger partial charge in [0.15, 0.2) is 0 Å². The lowest BCUT2D eigenvalue weighted by Gasteiger charge is -2.30. The van der Waals surface area contributed by atoms with Gasteiger partial charge in [-0.25, -0.2) is 0 Å². The Labute approximate surface area is 131 Å². The maximum absolute atomic E-state index is 12.8. The summed E-state index contributed by atoms with van der Waals surface area (Å²) in [6, 6.07) is 4.21. The average Bonchev–Trinajstić information content (AvgIpc) is 2.80. The molecule has 0 aromatic carbocycles. The minimum Gasteiger partial charge on any atom is -0.334 e. The van der Waals surface area contributed by atoms with Crippen molar-refractivity contribution in [2.24, 2.45) is 0 Å². The lowest BCUT2D eigenvalue weighted by atomic mass is 10.0. The smallest absolute Gasteiger partial charge is 0.244 e. The van der Waals surface area contributed by atoms with Gasteiger partial charge in [-0.1, -0.05) is 12.8 Å². The predicted molar refractivity (Wildman–Crippen MR) is 84.1 cm³/mol. The second kappa shape index (κ2) is 6.73. The molecule has 0 radical (unpaired) electrons. The minimum atomic E-state index is 0.145. The molecular formula is C17H22N4O. The van der Waals surface area contributed by atoms with Gasteiger partial charge in [-0.2, -0.15) is 5.10 Å². The summed E-state index contributed by atoms with van der Waals surface area (Å²) < 4.78 is 1.73. The number of amides is 1. The first-order valence-electron chi connectivity index (χ1n) is 7.92. The molecule has 1 saturated heterocycles. The summed E-state index contributed by atoms with van der Waals surface area (Å²) in [6.45, 7) is 3.13. The normalized spacial score (nSPS) is 19.0. The molecule has 5 nitrogen and oxygen atoms in total. The van der Waals surface area contributed by atoms with Gasteiger partial charge in [0.05, 0.1) is 12.2 Å². The van der Waals surface area contributed by atoms with Crippen molar-refractivity contribution in [1.82, 2.24) is 19.7 Å². The third kappa shape index (κ3) is 3.35. The Morgan fingerprint density at radius 3 is 2.82 bits per heavy atom. The SMILES string of the molecule is Cc1cnn(CC(=O)N2CCCCC[C@@H]2c2ccncc2)c1. The predicted octanol–water partition coefficient (Wildman–Crippen LogP) is 2.73. The highest BCUT2D eigenvalue weighted by Gasteiger charge is 2.26. The fourth-order valence-corrected chi connectivity index (χ4v) is 3.12. The molecule has 2 aromatic heterocycles. The molecule has 0 spiro atoms. The molecule has 22 heavy (non-hydrogen) atoms. The van der Waals surface area contributed by atoms with Crippen LogP contribution in [0.1, 0.15) is 42.9 Å². The Hall–Kier alpha value is -2.17. The maximum atomic E-state index is 12.8. The number of hydrogen-bond acceptors (Lipinski definition) is 3. The molecule has 2 aromatic rings. The van der Waals surface area contributed by atoms with Crippen molar-refractivity contribution >= 4 is 5.91 Å². The van der Waals surface area contributed by atoms with Gasteiger partial charge < -0.3 is 4.90 Å². The summed E-state index contributed by atoms with van der Waals surface area (Å²) in [5.41, 5.74) is 2.26. The van der Waals surface area contributed by atoms with E-state index in [2.05, 4.69) is 10.1 Å². The van der Waals surface area contributed by atoms with Gasteiger partial charge in [-0.05, 0) is 43.0 Å². The minimum absolute atomic E-state index is 0.145. The number of carbonyl (C=O) groups is 1. The van der Waals surface area contributed by atoms with Crippen molar-refractivity contribution < 1.29 is 4.79 Å². The molecule has 116 valence electrons. The van der Waals surface area contributed by atoms with Crippen LogP contribution < -0.4 is 0 Å². The number of likely N-dealkylation sites (tertiary alicyclic amines) is 1. The molecule has 0 bridgehead atoms. The van der Waals surface area contributed by atoms with Gasteiger partial charge in [0.1, 0.15) is 6.54 Å². The van der Waals surface area contributed by atoms with E-state index in [1.54, 1.807) is 23.3 Å². The summed E-state index contributed by atoms with van der Waals surface area (Å²) in [5, 5.41) is 4.23. The number of rotatable bonds is 3. The topological polar surface area (TPSA) is 51.0 Å². The molecule has 1 aliphatic heterocycles. The fourth-order valence-electron chi connectivity index (χ4n) is 3.12. The summed E-state index contributed by atoms with van der Waals surface area (Å²) in [4.78, 5) is 18.9. The van der Waals surface area contributed by atoms with Crippen molar-refractivity contribution in [2.45, 2.75) is 45.2 Å². The van der Waals surface area contributed by atoms with Crippen LogP contribution in [0.3, 0.4) is 0 Å². The Bertz CT molecular complexity index is 623. The third-order valence-electron chi connectivity index (χ3n) is 4.22. The summed E-state index contributed by atoms with van der Waals surface area (Å²) in [7, 11) is 0. The second-order valence-corrected chi connectivity index (χ2v) is 5.95. The molecule has 0 saturated carbocycles. The Morgan fingerprint density at radius 1 is 1.27 bits per heavy atom. The highest BCUT2D eigenvalue weighted by atomic mass is 16.2. The van der Waals surface area contributed by atoms with Crippen LogP contribution in [0.25, 0.3) is 0 Å². The monoisotopic (exact) mass is 298 g/mol. The van der Waals surface area contributed by atoms with E-state index in [1.807, 2.05) is 30.2 Å². The van der Waals surface area contributed by atoms with Crippen LogP contribution in [0, 0.1) is 6.92 Å². The number of aryl methyl sites for hydroxylation is 1. The first-order chi connectivity index (χ1) is 10.7. The zero-order valence-corrected chi connectivity index (χ0v) is 13.0. The van der Waals surface area contributed by atoms with Crippen molar-refractivity contribution in [3.05, 3.63) is 48.0 Å². The van der Waals surface area contributed by atoms with E-state index in [0.717, 1.165) is 31.4 Å². The second-order valence-electron chi connectivity index (χ2n) is 5.95. The number of carbonyl (C=O) groups excluding carboxylic acids is 1. The van der Waals surface area contributed by atoms with Crippen LogP contribution in [0.5, 0.6) is 0 Å².